The minimum atomic E-state index is -0.624. The number of aromatic hydroxyl groups is 2. The standard InChI is InChI=1S/C22H28O9/c1-27-15-5-11(6-16(28-2)19(15)25)21-13(9-23)14(10-24)22(31-21)12-7-17(29-3)20(26)18(8-12)30-4/h5-8,13-14,21-26H,9-10H2,1-4H3/t13-,14-,21+,22+/m0/s1. The Hall–Kier alpha value is -2.88. The summed E-state index contributed by atoms with van der Waals surface area (Å²) in [5.41, 5.74) is 1.23. The van der Waals surface area contributed by atoms with Crippen LogP contribution >= 0.6 is 0 Å². The lowest BCUT2D eigenvalue weighted by Gasteiger charge is -2.22. The van der Waals surface area contributed by atoms with Crippen LogP contribution in [0.2, 0.25) is 0 Å². The van der Waals surface area contributed by atoms with Crippen LogP contribution in [0.1, 0.15) is 23.3 Å². The van der Waals surface area contributed by atoms with Gasteiger partial charge >= 0.3 is 0 Å². The van der Waals surface area contributed by atoms with E-state index in [0.717, 1.165) is 0 Å². The summed E-state index contributed by atoms with van der Waals surface area (Å²) in [6.45, 7) is -0.492. The van der Waals surface area contributed by atoms with Crippen LogP contribution in [0.3, 0.4) is 0 Å². The minimum Gasteiger partial charge on any atom is -0.502 e. The van der Waals surface area contributed by atoms with Crippen LogP contribution in [0.25, 0.3) is 0 Å². The van der Waals surface area contributed by atoms with E-state index in [1.54, 1.807) is 24.3 Å². The van der Waals surface area contributed by atoms with E-state index in [-0.39, 0.29) is 47.7 Å². The van der Waals surface area contributed by atoms with Gasteiger partial charge in [0.15, 0.2) is 23.0 Å². The molecule has 0 aromatic heterocycles. The van der Waals surface area contributed by atoms with Crippen LogP contribution in [-0.2, 0) is 4.74 Å². The molecule has 31 heavy (non-hydrogen) atoms. The average molecular weight is 436 g/mol. The molecule has 0 unspecified atom stereocenters. The molecular formula is C22H28O9. The number of ether oxygens (including phenoxy) is 5. The number of hydrogen-bond acceptors (Lipinski definition) is 9. The van der Waals surface area contributed by atoms with Gasteiger partial charge in [-0.25, -0.2) is 0 Å². The first-order valence-corrected chi connectivity index (χ1v) is 9.70. The quantitative estimate of drug-likeness (QED) is 0.492. The fourth-order valence-corrected chi connectivity index (χ4v) is 4.08. The second-order valence-corrected chi connectivity index (χ2v) is 7.22. The number of benzene rings is 2. The largest absolute Gasteiger partial charge is 0.502 e. The second kappa shape index (κ2) is 9.51. The Kier molecular flexibility index (Phi) is 6.99. The third kappa shape index (κ3) is 4.04. The zero-order chi connectivity index (χ0) is 22.7. The molecule has 1 fully saturated rings. The maximum absolute atomic E-state index is 10.2. The third-order valence-corrected chi connectivity index (χ3v) is 5.70. The smallest absolute Gasteiger partial charge is 0.200 e. The Balaban J connectivity index is 2.07. The first kappa shape index (κ1) is 22.8. The lowest BCUT2D eigenvalue weighted by atomic mass is 9.83. The first-order valence-electron chi connectivity index (χ1n) is 9.70. The van der Waals surface area contributed by atoms with E-state index in [0.29, 0.717) is 11.1 Å². The second-order valence-electron chi connectivity index (χ2n) is 7.22. The third-order valence-electron chi connectivity index (χ3n) is 5.70. The van der Waals surface area contributed by atoms with Gasteiger partial charge in [0.25, 0.3) is 0 Å². The predicted molar refractivity (Wildman–Crippen MR) is 110 cm³/mol. The van der Waals surface area contributed by atoms with Gasteiger partial charge in [0.05, 0.1) is 40.6 Å². The molecule has 0 radical (unpaired) electrons. The Morgan fingerprint density at radius 2 is 0.935 bits per heavy atom. The minimum absolute atomic E-state index is 0.143. The van der Waals surface area contributed by atoms with Gasteiger partial charge in [0.2, 0.25) is 11.5 Å². The Labute approximate surface area is 180 Å². The molecule has 0 aliphatic carbocycles. The van der Waals surface area contributed by atoms with Crippen molar-refractivity contribution in [2.45, 2.75) is 12.2 Å². The number of methoxy groups -OCH3 is 4. The van der Waals surface area contributed by atoms with Crippen molar-refractivity contribution in [2.24, 2.45) is 11.8 Å². The lowest BCUT2D eigenvalue weighted by molar-refractivity contribution is 0.0180. The van der Waals surface area contributed by atoms with Gasteiger partial charge < -0.3 is 44.1 Å². The summed E-state index contributed by atoms with van der Waals surface area (Å²) < 4.78 is 27.3. The monoisotopic (exact) mass is 436 g/mol. The van der Waals surface area contributed by atoms with E-state index in [2.05, 4.69) is 0 Å². The molecule has 4 N–H and O–H groups in total. The highest BCUT2D eigenvalue weighted by Crippen LogP contribution is 2.52. The molecule has 3 rings (SSSR count). The summed E-state index contributed by atoms with van der Waals surface area (Å²) in [6, 6.07) is 6.44. The van der Waals surface area contributed by atoms with E-state index in [9.17, 15) is 20.4 Å². The molecule has 0 bridgehead atoms. The van der Waals surface area contributed by atoms with E-state index in [1.165, 1.54) is 28.4 Å². The van der Waals surface area contributed by atoms with E-state index in [4.69, 9.17) is 23.7 Å². The van der Waals surface area contributed by atoms with Crippen LogP contribution in [-0.4, -0.2) is 62.1 Å². The van der Waals surface area contributed by atoms with E-state index in [1.807, 2.05) is 0 Å². The van der Waals surface area contributed by atoms with Gasteiger partial charge in [-0.15, -0.1) is 0 Å². The Morgan fingerprint density at radius 3 is 1.16 bits per heavy atom. The number of aliphatic hydroxyl groups excluding tert-OH is 2. The van der Waals surface area contributed by atoms with Crippen LogP contribution < -0.4 is 18.9 Å². The number of rotatable bonds is 8. The van der Waals surface area contributed by atoms with Gasteiger partial charge in [0, 0.05) is 25.0 Å². The molecule has 0 spiro atoms. The highest BCUT2D eigenvalue weighted by Gasteiger charge is 2.46. The fraction of sp³-hybridized carbons (Fsp3) is 0.455. The van der Waals surface area contributed by atoms with Crippen molar-refractivity contribution in [1.29, 1.82) is 0 Å². The van der Waals surface area contributed by atoms with Crippen molar-refractivity contribution in [1.82, 2.24) is 0 Å². The fourth-order valence-electron chi connectivity index (χ4n) is 4.08. The average Bonchev–Trinajstić information content (AvgIpc) is 3.18. The summed E-state index contributed by atoms with van der Waals surface area (Å²) in [6.07, 6.45) is -1.25. The molecule has 4 atom stereocenters. The van der Waals surface area contributed by atoms with E-state index >= 15 is 0 Å². The zero-order valence-electron chi connectivity index (χ0n) is 17.9. The molecule has 9 nitrogen and oxygen atoms in total. The molecule has 2 aromatic rings. The van der Waals surface area contributed by atoms with Crippen molar-refractivity contribution in [3.8, 4) is 34.5 Å². The van der Waals surface area contributed by atoms with Gasteiger partial charge in [-0.2, -0.15) is 0 Å². The lowest BCUT2D eigenvalue weighted by Crippen LogP contribution is -2.23. The molecule has 1 aliphatic heterocycles. The van der Waals surface area contributed by atoms with Crippen molar-refractivity contribution < 1.29 is 44.1 Å². The molecule has 1 aliphatic rings. The van der Waals surface area contributed by atoms with Crippen LogP contribution in [0, 0.1) is 11.8 Å². The maximum atomic E-state index is 10.2. The normalized spacial score (nSPS) is 22.9. The van der Waals surface area contributed by atoms with Crippen molar-refractivity contribution in [2.75, 3.05) is 41.7 Å². The van der Waals surface area contributed by atoms with Crippen LogP contribution in [0.4, 0.5) is 0 Å². The SMILES string of the molecule is COc1cc([C@H]2O[C@H](c3cc(OC)c(O)c(OC)c3)[C@@H](CO)[C@@H]2CO)cc(OC)c1O. The number of aliphatic hydroxyl groups is 2. The van der Waals surface area contributed by atoms with Gasteiger partial charge in [-0.1, -0.05) is 0 Å². The number of phenols is 2. The van der Waals surface area contributed by atoms with Crippen molar-refractivity contribution in [3.05, 3.63) is 35.4 Å². The van der Waals surface area contributed by atoms with E-state index < -0.39 is 24.0 Å². The summed E-state index contributed by atoms with van der Waals surface area (Å²) in [7, 11) is 5.69. The van der Waals surface area contributed by atoms with Crippen LogP contribution in [0.5, 0.6) is 34.5 Å². The van der Waals surface area contributed by atoms with Gasteiger partial charge in [-0.3, -0.25) is 0 Å². The molecule has 1 heterocycles. The molecule has 2 aromatic carbocycles. The van der Waals surface area contributed by atoms with Gasteiger partial charge in [-0.05, 0) is 35.4 Å². The molecule has 9 heteroatoms. The molecule has 1 saturated heterocycles. The Bertz CT molecular complexity index is 790. The highest BCUT2D eigenvalue weighted by molar-refractivity contribution is 5.55. The zero-order valence-corrected chi connectivity index (χ0v) is 17.9. The highest BCUT2D eigenvalue weighted by atomic mass is 16.5. The first-order chi connectivity index (χ1) is 14.9. The summed E-state index contributed by atoms with van der Waals surface area (Å²) in [4.78, 5) is 0. The molecule has 0 amide bonds. The van der Waals surface area contributed by atoms with Gasteiger partial charge in [0.1, 0.15) is 0 Å². The van der Waals surface area contributed by atoms with Crippen molar-refractivity contribution in [3.63, 3.8) is 0 Å². The number of hydrogen-bond donors (Lipinski definition) is 4. The molecular weight excluding hydrogens is 408 g/mol. The topological polar surface area (TPSA) is 127 Å². The molecule has 0 saturated carbocycles. The Morgan fingerprint density at radius 1 is 0.645 bits per heavy atom. The molecule has 170 valence electrons. The number of phenolic OH excluding ortho intramolecular Hbond substituents is 2. The summed E-state index contributed by atoms with van der Waals surface area (Å²) >= 11 is 0. The van der Waals surface area contributed by atoms with Crippen LogP contribution in [0.15, 0.2) is 24.3 Å². The van der Waals surface area contributed by atoms with Crippen molar-refractivity contribution >= 4 is 0 Å². The summed E-state index contributed by atoms with van der Waals surface area (Å²) in [5, 5.41) is 40.7. The maximum Gasteiger partial charge on any atom is 0.200 e. The predicted octanol–water partition coefficient (Wildman–Crippen LogP) is 2.16. The summed E-state index contributed by atoms with van der Waals surface area (Å²) in [5.74, 6) is -0.401.